The molecule has 0 saturated carbocycles. The van der Waals surface area contributed by atoms with Gasteiger partial charge in [0.25, 0.3) is 10.0 Å². The molecule has 0 bridgehead atoms. The highest BCUT2D eigenvalue weighted by Gasteiger charge is 2.20. The molecule has 2 N–H and O–H groups in total. The number of halogens is 2. The smallest absolute Gasteiger partial charge is 0.307 e. The van der Waals surface area contributed by atoms with Crippen molar-refractivity contribution in [3.8, 4) is 0 Å². The normalized spacial score (nSPS) is 11.0. The van der Waals surface area contributed by atoms with Crippen LogP contribution in [0.5, 0.6) is 0 Å². The number of hydrogen-bond donors (Lipinski definition) is 2. The van der Waals surface area contributed by atoms with E-state index in [4.69, 9.17) is 11.6 Å². The molecule has 0 aliphatic rings. The van der Waals surface area contributed by atoms with Crippen molar-refractivity contribution >= 4 is 49.3 Å². The first kappa shape index (κ1) is 15.8. The molecule has 0 radical (unpaired) electrons. The van der Waals surface area contributed by atoms with Gasteiger partial charge in [-0.2, -0.15) is 0 Å². The zero-order valence-electron chi connectivity index (χ0n) is 10.5. The van der Waals surface area contributed by atoms with Gasteiger partial charge in [0.05, 0.1) is 5.02 Å². The average Bonchev–Trinajstić information content (AvgIpc) is 2.41. The number of nitrogens with one attached hydrogen (secondary N) is 2. The molecule has 0 unspecified atom stereocenters. The maximum atomic E-state index is 12.0. The number of carbonyl (C=O) groups is 1. The van der Waals surface area contributed by atoms with Crippen LogP contribution in [-0.2, 0) is 10.0 Å². The van der Waals surface area contributed by atoms with Gasteiger partial charge in [-0.3, -0.25) is 0 Å². The molecule has 0 saturated heterocycles. The van der Waals surface area contributed by atoms with Crippen molar-refractivity contribution in [2.45, 2.75) is 4.90 Å². The minimum Gasteiger partial charge on any atom is -0.307 e. The van der Waals surface area contributed by atoms with Gasteiger partial charge < -0.3 is 5.32 Å². The third-order valence-corrected chi connectivity index (χ3v) is 4.81. The molecule has 2 aromatic rings. The van der Waals surface area contributed by atoms with Crippen LogP contribution in [-0.4, -0.2) is 14.4 Å². The van der Waals surface area contributed by atoms with E-state index in [9.17, 15) is 13.2 Å². The van der Waals surface area contributed by atoms with E-state index >= 15 is 0 Å². The molecule has 0 aliphatic heterocycles. The summed E-state index contributed by atoms with van der Waals surface area (Å²) in [5, 5.41) is 2.46. The molecule has 21 heavy (non-hydrogen) atoms. The molecule has 2 amide bonds. The largest absolute Gasteiger partial charge is 0.333 e. The van der Waals surface area contributed by atoms with Gasteiger partial charge in [-0.25, -0.2) is 17.9 Å². The number of hydrogen-bond acceptors (Lipinski definition) is 3. The van der Waals surface area contributed by atoms with E-state index in [2.05, 4.69) is 21.2 Å². The minimum absolute atomic E-state index is 0.0430. The number of rotatable bonds is 3. The molecule has 8 heteroatoms. The number of anilines is 1. The zero-order valence-corrected chi connectivity index (χ0v) is 13.7. The highest BCUT2D eigenvalue weighted by Crippen LogP contribution is 2.20. The summed E-state index contributed by atoms with van der Waals surface area (Å²) in [6, 6.07) is 11.7. The summed E-state index contributed by atoms with van der Waals surface area (Å²) in [7, 11) is -4.02. The Morgan fingerprint density at radius 1 is 1.05 bits per heavy atom. The predicted molar refractivity (Wildman–Crippen MR) is 84.9 cm³/mol. The molecular formula is C13H10BrClN2O3S. The topological polar surface area (TPSA) is 75.3 Å². The first-order chi connectivity index (χ1) is 9.88. The van der Waals surface area contributed by atoms with Gasteiger partial charge in [0.15, 0.2) is 0 Å². The lowest BCUT2D eigenvalue weighted by atomic mass is 10.3. The molecule has 0 heterocycles. The lowest BCUT2D eigenvalue weighted by Gasteiger charge is -2.09. The highest BCUT2D eigenvalue weighted by atomic mass is 79.9. The second kappa shape index (κ2) is 6.46. The summed E-state index contributed by atoms with van der Waals surface area (Å²) in [5.74, 6) is 0. The van der Waals surface area contributed by atoms with E-state index in [0.717, 1.165) is 4.47 Å². The van der Waals surface area contributed by atoms with E-state index in [1.807, 2.05) is 4.72 Å². The van der Waals surface area contributed by atoms with E-state index in [-0.39, 0.29) is 9.92 Å². The van der Waals surface area contributed by atoms with E-state index < -0.39 is 16.1 Å². The number of benzene rings is 2. The Kier molecular flexibility index (Phi) is 4.87. The minimum atomic E-state index is -4.02. The molecule has 2 aromatic carbocycles. The van der Waals surface area contributed by atoms with Crippen LogP contribution < -0.4 is 10.0 Å². The Balaban J connectivity index is 2.12. The van der Waals surface area contributed by atoms with Crippen molar-refractivity contribution in [3.05, 3.63) is 58.0 Å². The first-order valence-corrected chi connectivity index (χ1v) is 8.38. The van der Waals surface area contributed by atoms with Crippen molar-refractivity contribution < 1.29 is 13.2 Å². The fourth-order valence-electron chi connectivity index (χ4n) is 1.53. The van der Waals surface area contributed by atoms with Gasteiger partial charge in [0.2, 0.25) is 0 Å². The van der Waals surface area contributed by atoms with E-state index in [0.29, 0.717) is 5.69 Å². The van der Waals surface area contributed by atoms with Gasteiger partial charge in [-0.1, -0.05) is 39.7 Å². The molecule has 0 aliphatic carbocycles. The van der Waals surface area contributed by atoms with Gasteiger partial charge >= 0.3 is 6.03 Å². The quantitative estimate of drug-likeness (QED) is 0.842. The van der Waals surface area contributed by atoms with Gasteiger partial charge in [-0.15, -0.1) is 0 Å². The summed E-state index contributed by atoms with van der Waals surface area (Å²) in [6.45, 7) is 0. The monoisotopic (exact) mass is 388 g/mol. The van der Waals surface area contributed by atoms with Crippen molar-refractivity contribution in [1.82, 2.24) is 4.72 Å². The fourth-order valence-corrected chi connectivity index (χ4v) is 3.22. The number of urea groups is 1. The Morgan fingerprint density at radius 3 is 2.29 bits per heavy atom. The van der Waals surface area contributed by atoms with Crippen LogP contribution in [0.2, 0.25) is 5.02 Å². The number of carbonyl (C=O) groups excluding carboxylic acids is 1. The average molecular weight is 390 g/mol. The summed E-state index contributed by atoms with van der Waals surface area (Å²) >= 11 is 9.07. The molecule has 0 fully saturated rings. The van der Waals surface area contributed by atoms with Crippen LogP contribution in [0.25, 0.3) is 0 Å². The Bertz CT molecular complexity index is 763. The Labute approximate surface area is 135 Å². The van der Waals surface area contributed by atoms with Crippen LogP contribution >= 0.6 is 27.5 Å². The second-order valence-corrected chi connectivity index (χ2v) is 6.97. The fraction of sp³-hybridized carbons (Fsp3) is 0. The van der Waals surface area contributed by atoms with Crippen molar-refractivity contribution in [2.75, 3.05) is 5.32 Å². The molecule has 110 valence electrons. The van der Waals surface area contributed by atoms with E-state index in [1.54, 1.807) is 30.3 Å². The standard InChI is InChI=1S/C13H10BrClN2O3S/c14-9-5-7-10(8-6-9)16-13(18)17-21(19,20)12-4-2-1-3-11(12)15/h1-8H,(H2,16,17,18). The molecule has 5 nitrogen and oxygen atoms in total. The second-order valence-electron chi connectivity index (χ2n) is 4.00. The Morgan fingerprint density at radius 2 is 1.67 bits per heavy atom. The number of amides is 2. The van der Waals surface area contributed by atoms with Crippen molar-refractivity contribution in [3.63, 3.8) is 0 Å². The summed E-state index contributed by atoms with van der Waals surface area (Å²) in [6.07, 6.45) is 0. The summed E-state index contributed by atoms with van der Waals surface area (Å²) < 4.78 is 26.8. The van der Waals surface area contributed by atoms with E-state index in [1.165, 1.54) is 18.2 Å². The highest BCUT2D eigenvalue weighted by molar-refractivity contribution is 9.10. The van der Waals surface area contributed by atoms with Crippen LogP contribution in [0, 0.1) is 0 Å². The summed E-state index contributed by atoms with van der Waals surface area (Å²) in [5.41, 5.74) is 0.463. The molecule has 0 atom stereocenters. The van der Waals surface area contributed by atoms with Crippen molar-refractivity contribution in [1.29, 1.82) is 0 Å². The van der Waals surface area contributed by atoms with Gasteiger partial charge in [-0.05, 0) is 36.4 Å². The van der Waals surface area contributed by atoms with Gasteiger partial charge in [0.1, 0.15) is 4.90 Å². The molecular weight excluding hydrogens is 380 g/mol. The Hall–Kier alpha value is -1.57. The lowest BCUT2D eigenvalue weighted by molar-refractivity contribution is 0.256. The third kappa shape index (κ3) is 4.20. The lowest BCUT2D eigenvalue weighted by Crippen LogP contribution is -2.34. The van der Waals surface area contributed by atoms with Crippen LogP contribution in [0.3, 0.4) is 0 Å². The SMILES string of the molecule is O=C(Nc1ccc(Br)cc1)NS(=O)(=O)c1ccccc1Cl. The number of sulfonamides is 1. The van der Waals surface area contributed by atoms with Gasteiger partial charge in [0, 0.05) is 10.2 Å². The van der Waals surface area contributed by atoms with Crippen LogP contribution in [0.4, 0.5) is 10.5 Å². The third-order valence-electron chi connectivity index (χ3n) is 2.46. The molecule has 0 spiro atoms. The first-order valence-electron chi connectivity index (χ1n) is 5.72. The maximum absolute atomic E-state index is 12.0. The zero-order chi connectivity index (χ0) is 15.5. The molecule has 0 aromatic heterocycles. The van der Waals surface area contributed by atoms with Crippen LogP contribution in [0.1, 0.15) is 0 Å². The predicted octanol–water partition coefficient (Wildman–Crippen LogP) is 3.61. The summed E-state index contributed by atoms with van der Waals surface area (Å²) in [4.78, 5) is 11.6. The van der Waals surface area contributed by atoms with Crippen LogP contribution in [0.15, 0.2) is 57.9 Å². The van der Waals surface area contributed by atoms with Crippen molar-refractivity contribution in [2.24, 2.45) is 0 Å². The molecule has 2 rings (SSSR count). The maximum Gasteiger partial charge on any atom is 0.333 e.